The van der Waals surface area contributed by atoms with Crippen LogP contribution in [-0.4, -0.2) is 43.4 Å². The highest BCUT2D eigenvalue weighted by molar-refractivity contribution is 5.78. The van der Waals surface area contributed by atoms with E-state index in [1.807, 2.05) is 18.2 Å². The zero-order chi connectivity index (χ0) is 20.1. The minimum Gasteiger partial charge on any atom is -0.493 e. The Hall–Kier alpha value is -2.73. The first-order valence-electron chi connectivity index (χ1n) is 10.5. The van der Waals surface area contributed by atoms with Crippen molar-refractivity contribution in [1.29, 1.82) is 0 Å². The van der Waals surface area contributed by atoms with Crippen molar-refractivity contribution in [3.63, 3.8) is 0 Å². The summed E-state index contributed by atoms with van der Waals surface area (Å²) in [4.78, 5) is 6.56. The summed E-state index contributed by atoms with van der Waals surface area (Å²) in [5, 5.41) is 3.54. The molecule has 29 heavy (non-hydrogen) atoms. The van der Waals surface area contributed by atoms with E-state index in [9.17, 15) is 0 Å². The van der Waals surface area contributed by atoms with Crippen LogP contribution in [0.25, 0.3) is 11.0 Å². The summed E-state index contributed by atoms with van der Waals surface area (Å²) in [6.45, 7) is 5.30. The maximum Gasteiger partial charge on any atom is 0.204 e. The van der Waals surface area contributed by atoms with Crippen LogP contribution in [0, 0.1) is 0 Å². The van der Waals surface area contributed by atoms with Crippen LogP contribution in [0.1, 0.15) is 24.8 Å². The second-order valence-corrected chi connectivity index (χ2v) is 7.64. The van der Waals surface area contributed by atoms with Crippen LogP contribution >= 0.6 is 0 Å². The zero-order valence-corrected chi connectivity index (χ0v) is 17.4. The summed E-state index contributed by atoms with van der Waals surface area (Å²) >= 11 is 0. The minimum atomic E-state index is 0.625. The topological polar surface area (TPSA) is 52.8 Å². The first kappa shape index (κ1) is 19.6. The Morgan fingerprint density at radius 3 is 2.62 bits per heavy atom. The largest absolute Gasteiger partial charge is 0.493 e. The first-order chi connectivity index (χ1) is 14.3. The summed E-state index contributed by atoms with van der Waals surface area (Å²) in [7, 11) is 3.34. The van der Waals surface area contributed by atoms with Gasteiger partial charge in [0.25, 0.3) is 0 Å². The van der Waals surface area contributed by atoms with Gasteiger partial charge in [0.05, 0.1) is 51.4 Å². The average molecular weight is 396 g/mol. The van der Waals surface area contributed by atoms with Gasteiger partial charge in [-0.2, -0.15) is 0 Å². The number of nitrogens with zero attached hydrogens (tertiary/aromatic N) is 2. The summed E-state index contributed by atoms with van der Waals surface area (Å²) in [5.41, 5.74) is 3.26. The Balaban J connectivity index is 1.55. The first-order valence-corrected chi connectivity index (χ1v) is 10.5. The highest BCUT2D eigenvalue weighted by Gasteiger charge is 2.17. The van der Waals surface area contributed by atoms with Crippen LogP contribution in [0.3, 0.4) is 0 Å². The van der Waals surface area contributed by atoms with Gasteiger partial charge < -0.3 is 24.3 Å². The molecule has 1 fully saturated rings. The normalized spacial score (nSPS) is 14.8. The maximum absolute atomic E-state index is 5.58. The third-order valence-corrected chi connectivity index (χ3v) is 5.83. The summed E-state index contributed by atoms with van der Waals surface area (Å²) in [6, 6.07) is 14.3. The smallest absolute Gasteiger partial charge is 0.204 e. The standard InChI is InChI=1S/C23H30N4O2/c1-28-21-12-8-9-18(22(21)29-2)17-24-23-25-19-10-4-5-11-20(19)27(23)16-15-26-13-6-3-7-14-26/h4-5,8-12H,3,6-7,13-17H2,1-2H3,(H,24,25)/p+1. The lowest BCUT2D eigenvalue weighted by molar-refractivity contribution is -0.905. The van der Waals surface area contributed by atoms with Crippen molar-refractivity contribution in [2.24, 2.45) is 0 Å². The Morgan fingerprint density at radius 2 is 1.83 bits per heavy atom. The molecule has 0 unspecified atom stereocenters. The maximum atomic E-state index is 5.58. The number of para-hydroxylation sites is 3. The average Bonchev–Trinajstić information content (AvgIpc) is 3.14. The van der Waals surface area contributed by atoms with Gasteiger partial charge >= 0.3 is 0 Å². The van der Waals surface area contributed by atoms with Crippen molar-refractivity contribution in [3.8, 4) is 11.5 Å². The van der Waals surface area contributed by atoms with Crippen LogP contribution < -0.4 is 19.7 Å². The molecule has 1 aliphatic rings. The number of benzene rings is 2. The van der Waals surface area contributed by atoms with Crippen molar-refractivity contribution in [3.05, 3.63) is 48.0 Å². The van der Waals surface area contributed by atoms with E-state index < -0.39 is 0 Å². The fraction of sp³-hybridized carbons (Fsp3) is 0.435. The van der Waals surface area contributed by atoms with Gasteiger partial charge in [-0.1, -0.05) is 24.3 Å². The molecule has 1 aromatic heterocycles. The van der Waals surface area contributed by atoms with Gasteiger partial charge in [-0.15, -0.1) is 0 Å². The van der Waals surface area contributed by atoms with Crippen molar-refractivity contribution in [2.45, 2.75) is 32.4 Å². The molecule has 6 heteroatoms. The van der Waals surface area contributed by atoms with Gasteiger partial charge in [0.2, 0.25) is 5.95 Å². The molecule has 0 atom stereocenters. The van der Waals surface area contributed by atoms with Crippen LogP contribution in [0.5, 0.6) is 11.5 Å². The Kier molecular flexibility index (Phi) is 6.20. The number of piperidine rings is 1. The van der Waals surface area contributed by atoms with Crippen molar-refractivity contribution < 1.29 is 14.4 Å². The molecule has 3 aromatic rings. The number of rotatable bonds is 8. The molecule has 1 aliphatic heterocycles. The lowest BCUT2D eigenvalue weighted by Gasteiger charge is -2.24. The number of anilines is 1. The molecule has 0 spiro atoms. The molecule has 154 valence electrons. The van der Waals surface area contributed by atoms with E-state index in [2.05, 4.69) is 34.1 Å². The predicted octanol–water partition coefficient (Wildman–Crippen LogP) is 2.73. The molecule has 4 rings (SSSR count). The lowest BCUT2D eigenvalue weighted by atomic mass is 10.1. The molecule has 6 nitrogen and oxygen atoms in total. The number of methoxy groups -OCH3 is 2. The summed E-state index contributed by atoms with van der Waals surface area (Å²) in [5.74, 6) is 2.42. The van der Waals surface area contributed by atoms with Gasteiger partial charge in [-0.3, -0.25) is 0 Å². The molecule has 0 aliphatic carbocycles. The molecule has 2 aromatic carbocycles. The second-order valence-electron chi connectivity index (χ2n) is 7.64. The summed E-state index contributed by atoms with van der Waals surface area (Å²) in [6.07, 6.45) is 4.08. The molecule has 0 saturated carbocycles. The number of ether oxygens (including phenoxy) is 2. The van der Waals surface area contributed by atoms with E-state index in [-0.39, 0.29) is 0 Å². The number of hydrogen-bond acceptors (Lipinski definition) is 4. The van der Waals surface area contributed by atoms with Crippen LogP contribution in [0.15, 0.2) is 42.5 Å². The number of hydrogen-bond donors (Lipinski definition) is 2. The second kappa shape index (κ2) is 9.18. The Bertz CT molecular complexity index is 947. The van der Waals surface area contributed by atoms with E-state index in [0.29, 0.717) is 6.54 Å². The van der Waals surface area contributed by atoms with Crippen LogP contribution in [-0.2, 0) is 13.1 Å². The minimum absolute atomic E-state index is 0.625. The van der Waals surface area contributed by atoms with Gasteiger partial charge in [0, 0.05) is 12.1 Å². The molecule has 2 heterocycles. The molecular formula is C23H31N4O2+. The molecule has 0 amide bonds. The van der Waals surface area contributed by atoms with Crippen LogP contribution in [0.4, 0.5) is 5.95 Å². The highest BCUT2D eigenvalue weighted by atomic mass is 16.5. The predicted molar refractivity (Wildman–Crippen MR) is 116 cm³/mol. The zero-order valence-electron chi connectivity index (χ0n) is 17.4. The number of fused-ring (bicyclic) bond motifs is 1. The molecule has 1 saturated heterocycles. The van der Waals surface area contributed by atoms with Crippen molar-refractivity contribution >= 4 is 17.0 Å². The van der Waals surface area contributed by atoms with E-state index in [4.69, 9.17) is 14.5 Å². The van der Waals surface area contributed by atoms with E-state index in [1.165, 1.54) is 37.9 Å². The van der Waals surface area contributed by atoms with E-state index >= 15 is 0 Å². The van der Waals surface area contributed by atoms with E-state index in [1.54, 1.807) is 19.1 Å². The number of quaternary nitrogens is 1. The number of nitrogens with one attached hydrogen (secondary N) is 2. The molecule has 2 N–H and O–H groups in total. The quantitative estimate of drug-likeness (QED) is 0.616. The molecule has 0 radical (unpaired) electrons. The number of aromatic nitrogens is 2. The van der Waals surface area contributed by atoms with E-state index in [0.717, 1.165) is 41.6 Å². The Labute approximate surface area is 172 Å². The fourth-order valence-corrected chi connectivity index (χ4v) is 4.28. The van der Waals surface area contributed by atoms with Gasteiger partial charge in [-0.25, -0.2) is 4.98 Å². The van der Waals surface area contributed by atoms with Gasteiger partial charge in [0.15, 0.2) is 11.5 Å². The molecular weight excluding hydrogens is 364 g/mol. The molecule has 0 bridgehead atoms. The Morgan fingerprint density at radius 1 is 1.00 bits per heavy atom. The van der Waals surface area contributed by atoms with Crippen LogP contribution in [0.2, 0.25) is 0 Å². The third kappa shape index (κ3) is 4.32. The SMILES string of the molecule is COc1cccc(CNc2nc3ccccc3n2CC[NH+]2CCCCC2)c1OC. The van der Waals surface area contributed by atoms with Crippen molar-refractivity contribution in [1.82, 2.24) is 9.55 Å². The highest BCUT2D eigenvalue weighted by Crippen LogP contribution is 2.31. The van der Waals surface area contributed by atoms with Gasteiger partial charge in [0.1, 0.15) is 0 Å². The lowest BCUT2D eigenvalue weighted by Crippen LogP contribution is -3.13. The number of imidazole rings is 1. The summed E-state index contributed by atoms with van der Waals surface area (Å²) < 4.78 is 13.3. The number of likely N-dealkylation sites (tertiary alicyclic amines) is 1. The third-order valence-electron chi connectivity index (χ3n) is 5.83. The van der Waals surface area contributed by atoms with Crippen molar-refractivity contribution in [2.75, 3.05) is 39.2 Å². The van der Waals surface area contributed by atoms with Gasteiger partial charge in [-0.05, 0) is 37.5 Å². The monoisotopic (exact) mass is 395 g/mol. The fourth-order valence-electron chi connectivity index (χ4n) is 4.28.